The molecule has 0 heterocycles. The molecule has 1 aromatic rings. The van der Waals surface area contributed by atoms with Crippen molar-refractivity contribution in [1.82, 2.24) is 5.32 Å². The van der Waals surface area contributed by atoms with Gasteiger partial charge in [0.2, 0.25) is 0 Å². The normalized spacial score (nSPS) is 12.9. The molecule has 106 valence electrons. The number of carbonyl (C=O) groups excluding carboxylic acids is 1. The van der Waals surface area contributed by atoms with Crippen LogP contribution in [-0.4, -0.2) is 18.2 Å². The molecule has 1 amide bonds. The summed E-state index contributed by atoms with van der Waals surface area (Å²) >= 11 is 0. The fourth-order valence-corrected chi connectivity index (χ4v) is 1.45. The van der Waals surface area contributed by atoms with Crippen LogP contribution in [0.1, 0.15) is 38.9 Å². The quantitative estimate of drug-likeness (QED) is 0.905. The molecule has 5 heteroatoms. The molecule has 3 nitrogen and oxygen atoms in total. The van der Waals surface area contributed by atoms with Crippen LogP contribution in [0.4, 0.5) is 13.6 Å². The molecule has 19 heavy (non-hydrogen) atoms. The van der Waals surface area contributed by atoms with E-state index in [4.69, 9.17) is 4.74 Å². The number of rotatable bonds is 4. The zero-order chi connectivity index (χ0) is 14.5. The van der Waals surface area contributed by atoms with E-state index in [1.807, 2.05) is 0 Å². The molecule has 0 fully saturated rings. The van der Waals surface area contributed by atoms with Crippen molar-refractivity contribution >= 4 is 6.09 Å². The van der Waals surface area contributed by atoms with E-state index in [0.717, 1.165) is 0 Å². The number of nitrogens with one attached hydrogen (secondary N) is 1. The number of ether oxygens (including phenoxy) is 1. The predicted molar refractivity (Wildman–Crippen MR) is 69.1 cm³/mol. The van der Waals surface area contributed by atoms with E-state index >= 15 is 0 Å². The summed E-state index contributed by atoms with van der Waals surface area (Å²) in [6.45, 7) is 5.42. The van der Waals surface area contributed by atoms with Gasteiger partial charge in [0.25, 0.3) is 0 Å². The van der Waals surface area contributed by atoms with Crippen LogP contribution in [0.15, 0.2) is 24.3 Å². The van der Waals surface area contributed by atoms with Gasteiger partial charge in [0, 0.05) is 13.0 Å². The number of hydrogen-bond donors (Lipinski definition) is 1. The van der Waals surface area contributed by atoms with E-state index < -0.39 is 23.7 Å². The van der Waals surface area contributed by atoms with Crippen molar-refractivity contribution in [3.05, 3.63) is 35.6 Å². The average molecular weight is 271 g/mol. The van der Waals surface area contributed by atoms with Crippen molar-refractivity contribution in [2.45, 2.75) is 39.0 Å². The zero-order valence-corrected chi connectivity index (χ0v) is 11.4. The van der Waals surface area contributed by atoms with E-state index in [1.165, 1.54) is 24.3 Å². The van der Waals surface area contributed by atoms with Gasteiger partial charge >= 0.3 is 6.09 Å². The molecule has 0 aliphatic carbocycles. The smallest absolute Gasteiger partial charge is 0.407 e. The van der Waals surface area contributed by atoms with Crippen LogP contribution < -0.4 is 5.32 Å². The van der Waals surface area contributed by atoms with E-state index in [2.05, 4.69) is 5.32 Å². The maximum atomic E-state index is 13.7. The monoisotopic (exact) mass is 271 g/mol. The first-order valence-electron chi connectivity index (χ1n) is 6.14. The van der Waals surface area contributed by atoms with Crippen LogP contribution in [0.5, 0.6) is 0 Å². The molecule has 0 saturated heterocycles. The lowest BCUT2D eigenvalue weighted by molar-refractivity contribution is 0.0524. The van der Waals surface area contributed by atoms with Crippen molar-refractivity contribution in [3.63, 3.8) is 0 Å². The van der Waals surface area contributed by atoms with Gasteiger partial charge in [-0.2, -0.15) is 0 Å². The van der Waals surface area contributed by atoms with Crippen LogP contribution in [0.25, 0.3) is 0 Å². The highest BCUT2D eigenvalue weighted by atomic mass is 19.1. The molecule has 1 rings (SSSR count). The summed E-state index contributed by atoms with van der Waals surface area (Å²) in [5.41, 5.74) is -0.178. The van der Waals surface area contributed by atoms with Gasteiger partial charge in [0.15, 0.2) is 0 Å². The molecule has 1 atom stereocenters. The summed E-state index contributed by atoms with van der Waals surface area (Å²) in [6.07, 6.45) is -1.69. The number of benzene rings is 1. The minimum atomic E-state index is -1.24. The largest absolute Gasteiger partial charge is 0.444 e. The minimum Gasteiger partial charge on any atom is -0.444 e. The van der Waals surface area contributed by atoms with E-state index in [-0.39, 0.29) is 13.0 Å². The lowest BCUT2D eigenvalue weighted by Crippen LogP contribution is -2.33. The second-order valence-electron chi connectivity index (χ2n) is 5.24. The fourth-order valence-electron chi connectivity index (χ4n) is 1.45. The molecule has 0 aliphatic rings. The average Bonchev–Trinajstić information content (AvgIpc) is 2.27. The second kappa shape index (κ2) is 6.50. The number of alkyl carbamates (subject to hydrolysis) is 1. The number of halogens is 2. The second-order valence-corrected chi connectivity index (χ2v) is 5.24. The lowest BCUT2D eigenvalue weighted by Gasteiger charge is -2.19. The Bertz CT molecular complexity index is 412. The molecule has 1 N–H and O–H groups in total. The van der Waals surface area contributed by atoms with Crippen LogP contribution in [0, 0.1) is 5.82 Å². The van der Waals surface area contributed by atoms with Gasteiger partial charge in [-0.15, -0.1) is 0 Å². The summed E-state index contributed by atoms with van der Waals surface area (Å²) in [6, 6.07) is 5.22. The highest BCUT2D eigenvalue weighted by Gasteiger charge is 2.16. The van der Waals surface area contributed by atoms with Crippen molar-refractivity contribution in [1.29, 1.82) is 0 Å². The first-order chi connectivity index (χ1) is 8.78. The van der Waals surface area contributed by atoms with Gasteiger partial charge in [-0.1, -0.05) is 12.1 Å². The number of hydrogen-bond acceptors (Lipinski definition) is 2. The summed E-state index contributed by atoms with van der Waals surface area (Å²) in [7, 11) is 0. The van der Waals surface area contributed by atoms with E-state index in [0.29, 0.717) is 5.56 Å². The number of alkyl halides is 1. The Hall–Kier alpha value is -1.65. The first kappa shape index (κ1) is 15.4. The van der Waals surface area contributed by atoms with Crippen LogP contribution in [0.2, 0.25) is 0 Å². The third-order valence-corrected chi connectivity index (χ3v) is 2.30. The Balaban J connectivity index is 2.33. The molecule has 0 bridgehead atoms. The summed E-state index contributed by atoms with van der Waals surface area (Å²) in [4.78, 5) is 11.3. The minimum absolute atomic E-state index is 0.116. The Kier molecular flexibility index (Phi) is 5.27. The van der Waals surface area contributed by atoms with Gasteiger partial charge in [-0.3, -0.25) is 0 Å². The lowest BCUT2D eigenvalue weighted by atomic mass is 10.1. The molecule has 0 saturated carbocycles. The molecule has 1 unspecified atom stereocenters. The van der Waals surface area contributed by atoms with Crippen LogP contribution >= 0.6 is 0 Å². The number of carbonyl (C=O) groups is 1. The fraction of sp³-hybridized carbons (Fsp3) is 0.500. The standard InChI is InChI=1S/C14H19F2NO2/c1-14(2,3)19-13(18)17-9-8-12(16)10-4-6-11(15)7-5-10/h4-7,12H,8-9H2,1-3H3,(H,17,18). The maximum Gasteiger partial charge on any atom is 0.407 e. The Morgan fingerprint density at radius 2 is 1.89 bits per heavy atom. The molecular weight excluding hydrogens is 252 g/mol. The SMILES string of the molecule is CC(C)(C)OC(=O)NCCC(F)c1ccc(F)cc1. The summed E-state index contributed by atoms with van der Waals surface area (Å²) in [5.74, 6) is -0.400. The van der Waals surface area contributed by atoms with Crippen molar-refractivity contribution < 1.29 is 18.3 Å². The molecule has 0 aliphatic heterocycles. The van der Waals surface area contributed by atoms with Crippen molar-refractivity contribution in [3.8, 4) is 0 Å². The van der Waals surface area contributed by atoms with Gasteiger partial charge in [0.1, 0.15) is 17.6 Å². The number of amides is 1. The summed E-state index contributed by atoms with van der Waals surface area (Å²) < 4.78 is 31.4. The molecular formula is C14H19F2NO2. The van der Waals surface area contributed by atoms with Crippen molar-refractivity contribution in [2.75, 3.05) is 6.54 Å². The van der Waals surface area contributed by atoms with Gasteiger partial charge in [-0.25, -0.2) is 13.6 Å². The Morgan fingerprint density at radius 3 is 2.42 bits per heavy atom. The molecule has 0 radical (unpaired) electrons. The van der Waals surface area contributed by atoms with Gasteiger partial charge in [-0.05, 0) is 38.5 Å². The third kappa shape index (κ3) is 6.18. The maximum absolute atomic E-state index is 13.7. The van der Waals surface area contributed by atoms with E-state index in [9.17, 15) is 13.6 Å². The predicted octanol–water partition coefficient (Wildman–Crippen LogP) is 3.75. The van der Waals surface area contributed by atoms with Gasteiger partial charge < -0.3 is 10.1 Å². The molecule has 0 aromatic heterocycles. The Morgan fingerprint density at radius 1 is 1.32 bits per heavy atom. The first-order valence-corrected chi connectivity index (χ1v) is 6.14. The van der Waals surface area contributed by atoms with Gasteiger partial charge in [0.05, 0.1) is 0 Å². The topological polar surface area (TPSA) is 38.3 Å². The molecule has 1 aromatic carbocycles. The summed E-state index contributed by atoms with van der Waals surface area (Å²) in [5, 5.41) is 2.48. The third-order valence-electron chi connectivity index (χ3n) is 2.30. The Labute approximate surface area is 112 Å². The van der Waals surface area contributed by atoms with E-state index in [1.54, 1.807) is 20.8 Å². The zero-order valence-electron chi connectivity index (χ0n) is 11.4. The highest BCUT2D eigenvalue weighted by Crippen LogP contribution is 2.20. The van der Waals surface area contributed by atoms with Crippen molar-refractivity contribution in [2.24, 2.45) is 0 Å². The highest BCUT2D eigenvalue weighted by molar-refractivity contribution is 5.67. The van der Waals surface area contributed by atoms with Crippen LogP contribution in [-0.2, 0) is 4.74 Å². The molecule has 0 spiro atoms. The van der Waals surface area contributed by atoms with Crippen LogP contribution in [0.3, 0.4) is 0 Å².